The normalized spacial score (nSPS) is 28.8. The zero-order chi connectivity index (χ0) is 13.4. The van der Waals surface area contributed by atoms with Crippen molar-refractivity contribution in [3.05, 3.63) is 29.3 Å². The van der Waals surface area contributed by atoms with E-state index >= 15 is 0 Å². The van der Waals surface area contributed by atoms with Gasteiger partial charge in [-0.3, -0.25) is 0 Å². The number of thioether (sulfide) groups is 1. The van der Waals surface area contributed by atoms with Crippen molar-refractivity contribution in [1.82, 2.24) is 0 Å². The Kier molecular flexibility index (Phi) is 3.57. The second kappa shape index (κ2) is 5.20. The molecule has 0 spiro atoms. The van der Waals surface area contributed by atoms with Gasteiger partial charge < -0.3 is 5.11 Å². The van der Waals surface area contributed by atoms with Gasteiger partial charge in [-0.25, -0.2) is 4.79 Å². The zero-order valence-corrected chi connectivity index (χ0v) is 12.1. The maximum atomic E-state index is 11.1. The lowest BCUT2D eigenvalue weighted by atomic mass is 9.90. The lowest BCUT2D eigenvalue weighted by molar-refractivity contribution is 0.0696. The van der Waals surface area contributed by atoms with Gasteiger partial charge in [0.2, 0.25) is 0 Å². The molecule has 2 saturated carbocycles. The number of fused-ring (bicyclic) bond motifs is 2. The average molecular weight is 276 g/mol. The molecule has 3 atom stereocenters. The molecule has 1 N–H and O–H groups in total. The summed E-state index contributed by atoms with van der Waals surface area (Å²) in [5.41, 5.74) is 1.29. The number of benzene rings is 1. The number of rotatable bonds is 4. The van der Waals surface area contributed by atoms with Gasteiger partial charge >= 0.3 is 5.97 Å². The number of carboxylic acid groups (broad SMARTS) is 1. The van der Waals surface area contributed by atoms with Gasteiger partial charge in [0.1, 0.15) is 0 Å². The molecule has 0 amide bonds. The highest BCUT2D eigenvalue weighted by Crippen LogP contribution is 2.49. The summed E-state index contributed by atoms with van der Waals surface area (Å²) >= 11 is 1.83. The Balaban J connectivity index is 1.64. The molecular formula is C16H20O2S. The summed E-state index contributed by atoms with van der Waals surface area (Å²) in [6.07, 6.45) is 5.71. The molecule has 3 rings (SSSR count). The van der Waals surface area contributed by atoms with Gasteiger partial charge in [0.05, 0.1) is 5.56 Å². The Morgan fingerprint density at radius 3 is 2.84 bits per heavy atom. The Morgan fingerprint density at radius 2 is 2.21 bits per heavy atom. The van der Waals surface area contributed by atoms with Crippen molar-refractivity contribution in [3.63, 3.8) is 0 Å². The lowest BCUT2D eigenvalue weighted by Crippen LogP contribution is -2.12. The van der Waals surface area contributed by atoms with E-state index in [2.05, 4.69) is 6.07 Å². The van der Waals surface area contributed by atoms with Gasteiger partial charge in [0.25, 0.3) is 0 Å². The van der Waals surface area contributed by atoms with Crippen LogP contribution >= 0.6 is 11.8 Å². The van der Waals surface area contributed by atoms with Crippen molar-refractivity contribution in [3.8, 4) is 0 Å². The predicted molar refractivity (Wildman–Crippen MR) is 77.8 cm³/mol. The third kappa shape index (κ3) is 2.66. The van der Waals surface area contributed by atoms with E-state index in [-0.39, 0.29) is 0 Å². The fraction of sp³-hybridized carbons (Fsp3) is 0.562. The van der Waals surface area contributed by atoms with Crippen LogP contribution < -0.4 is 0 Å². The van der Waals surface area contributed by atoms with Crippen LogP contribution in [-0.2, 0) is 0 Å². The van der Waals surface area contributed by atoms with Gasteiger partial charge in [-0.05, 0) is 61.6 Å². The standard InChI is InChI=1S/C16H20O2S/c1-10-2-5-14(8-15(10)16(17)18)19-9-13-7-11-3-4-12(13)6-11/h2,5,8,11-13H,3-4,6-7,9H2,1H3,(H,17,18). The topological polar surface area (TPSA) is 37.3 Å². The summed E-state index contributed by atoms with van der Waals surface area (Å²) < 4.78 is 0. The van der Waals surface area contributed by atoms with Crippen LogP contribution in [0.2, 0.25) is 0 Å². The van der Waals surface area contributed by atoms with Crippen LogP contribution in [0, 0.1) is 24.7 Å². The van der Waals surface area contributed by atoms with Crippen LogP contribution in [0.15, 0.2) is 23.1 Å². The molecular weight excluding hydrogens is 256 g/mol. The van der Waals surface area contributed by atoms with Crippen molar-refractivity contribution in [2.45, 2.75) is 37.5 Å². The van der Waals surface area contributed by atoms with Crippen LogP contribution in [0.4, 0.5) is 0 Å². The van der Waals surface area contributed by atoms with Crippen LogP contribution in [0.25, 0.3) is 0 Å². The molecule has 1 aromatic rings. The molecule has 3 unspecified atom stereocenters. The van der Waals surface area contributed by atoms with Gasteiger partial charge in [0.15, 0.2) is 0 Å². The van der Waals surface area contributed by atoms with Crippen molar-refractivity contribution >= 4 is 17.7 Å². The lowest BCUT2D eigenvalue weighted by Gasteiger charge is -2.21. The maximum Gasteiger partial charge on any atom is 0.335 e. The molecule has 2 bridgehead atoms. The van der Waals surface area contributed by atoms with Crippen molar-refractivity contribution in [2.75, 3.05) is 5.75 Å². The third-order valence-corrected chi connectivity index (χ3v) is 5.97. The molecule has 0 aromatic heterocycles. The van der Waals surface area contributed by atoms with E-state index in [4.69, 9.17) is 5.11 Å². The molecule has 2 aliphatic carbocycles. The summed E-state index contributed by atoms with van der Waals surface area (Å²) in [4.78, 5) is 12.2. The molecule has 19 heavy (non-hydrogen) atoms. The molecule has 0 aliphatic heterocycles. The molecule has 2 nitrogen and oxygen atoms in total. The Bertz CT molecular complexity index is 498. The molecule has 1 aromatic carbocycles. The van der Waals surface area contributed by atoms with E-state index < -0.39 is 5.97 Å². The largest absolute Gasteiger partial charge is 0.478 e. The monoisotopic (exact) mass is 276 g/mol. The number of hydrogen-bond acceptors (Lipinski definition) is 2. The first-order valence-electron chi connectivity index (χ1n) is 7.10. The summed E-state index contributed by atoms with van der Waals surface area (Å²) in [6.45, 7) is 1.85. The van der Waals surface area contributed by atoms with Crippen molar-refractivity contribution < 1.29 is 9.90 Å². The van der Waals surface area contributed by atoms with Gasteiger partial charge in [-0.2, -0.15) is 0 Å². The predicted octanol–water partition coefficient (Wildman–Crippen LogP) is 4.22. The van der Waals surface area contributed by atoms with E-state index in [9.17, 15) is 4.79 Å². The Hall–Kier alpha value is -0.960. The van der Waals surface area contributed by atoms with Crippen molar-refractivity contribution in [1.29, 1.82) is 0 Å². The quantitative estimate of drug-likeness (QED) is 0.837. The number of carbonyl (C=O) groups is 1. The zero-order valence-electron chi connectivity index (χ0n) is 11.3. The first-order valence-corrected chi connectivity index (χ1v) is 8.09. The SMILES string of the molecule is Cc1ccc(SCC2CC3CCC2C3)cc1C(=O)O. The molecule has 0 heterocycles. The summed E-state index contributed by atoms with van der Waals surface area (Å²) in [5.74, 6) is 3.13. The summed E-state index contributed by atoms with van der Waals surface area (Å²) in [5, 5.41) is 9.15. The molecule has 0 saturated heterocycles. The summed E-state index contributed by atoms with van der Waals surface area (Å²) in [6, 6.07) is 5.81. The number of hydrogen-bond donors (Lipinski definition) is 1. The molecule has 2 aliphatic rings. The first kappa shape index (κ1) is 13.0. The highest BCUT2D eigenvalue weighted by Gasteiger charge is 2.39. The van der Waals surface area contributed by atoms with Crippen molar-refractivity contribution in [2.24, 2.45) is 17.8 Å². The van der Waals surface area contributed by atoms with Crippen LogP contribution in [0.1, 0.15) is 41.6 Å². The van der Waals surface area contributed by atoms with E-state index in [0.29, 0.717) is 5.56 Å². The van der Waals surface area contributed by atoms with Crippen LogP contribution in [0.3, 0.4) is 0 Å². The van der Waals surface area contributed by atoms with E-state index in [1.54, 1.807) is 0 Å². The molecule has 3 heteroatoms. The molecule has 0 radical (unpaired) electrons. The first-order chi connectivity index (χ1) is 9.13. The fourth-order valence-electron chi connectivity index (χ4n) is 3.71. The van der Waals surface area contributed by atoms with Crippen LogP contribution in [0.5, 0.6) is 0 Å². The van der Waals surface area contributed by atoms with Gasteiger partial charge in [-0.1, -0.05) is 12.5 Å². The summed E-state index contributed by atoms with van der Waals surface area (Å²) in [7, 11) is 0. The average Bonchev–Trinajstić information content (AvgIpc) is 2.99. The van der Waals surface area contributed by atoms with Crippen LogP contribution in [-0.4, -0.2) is 16.8 Å². The Labute approximate surface area is 118 Å². The highest BCUT2D eigenvalue weighted by molar-refractivity contribution is 7.99. The third-order valence-electron chi connectivity index (χ3n) is 4.79. The fourth-order valence-corrected chi connectivity index (χ4v) is 4.89. The number of aryl methyl sites for hydroxylation is 1. The van der Waals surface area contributed by atoms with E-state index in [1.165, 1.54) is 25.7 Å². The molecule has 102 valence electrons. The smallest absolute Gasteiger partial charge is 0.335 e. The number of carboxylic acids is 1. The highest BCUT2D eigenvalue weighted by atomic mass is 32.2. The van der Waals surface area contributed by atoms with Gasteiger partial charge in [0, 0.05) is 10.6 Å². The minimum atomic E-state index is -0.820. The minimum absolute atomic E-state index is 0.443. The minimum Gasteiger partial charge on any atom is -0.478 e. The molecule has 2 fully saturated rings. The van der Waals surface area contributed by atoms with E-state index in [1.807, 2.05) is 30.8 Å². The van der Waals surface area contributed by atoms with Gasteiger partial charge in [-0.15, -0.1) is 11.8 Å². The van der Waals surface area contributed by atoms with E-state index in [0.717, 1.165) is 34.0 Å². The second-order valence-electron chi connectivity index (χ2n) is 6.03. The maximum absolute atomic E-state index is 11.1. The Morgan fingerprint density at radius 1 is 1.37 bits per heavy atom. The second-order valence-corrected chi connectivity index (χ2v) is 7.12. The number of aromatic carboxylic acids is 1.